The highest BCUT2D eigenvalue weighted by molar-refractivity contribution is 6.33. The fraction of sp³-hybridized carbons (Fsp3) is 0.150. The summed E-state index contributed by atoms with van der Waals surface area (Å²) in [5.41, 5.74) is 6.95. The normalized spacial score (nSPS) is 14.4. The number of nitrogens with one attached hydrogen (secondary N) is 2. The molecule has 8 rings (SSSR count). The van der Waals surface area contributed by atoms with E-state index in [-0.39, 0.29) is 41.2 Å². The molecule has 12 heteroatoms. The Balaban J connectivity index is 0.967. The third-order valence-electron chi connectivity index (χ3n) is 9.49. The fourth-order valence-electron chi connectivity index (χ4n) is 6.74. The molecule has 1 aliphatic rings. The first-order chi connectivity index (χ1) is 25.2. The topological polar surface area (TPSA) is 141 Å². The van der Waals surface area contributed by atoms with Gasteiger partial charge in [-0.25, -0.2) is 9.78 Å². The van der Waals surface area contributed by atoms with Crippen LogP contribution in [0.25, 0.3) is 55.2 Å². The van der Waals surface area contributed by atoms with E-state index in [1.807, 2.05) is 48.5 Å². The van der Waals surface area contributed by atoms with Gasteiger partial charge in [0.15, 0.2) is 0 Å². The van der Waals surface area contributed by atoms with E-state index >= 15 is 0 Å². The summed E-state index contributed by atoms with van der Waals surface area (Å²) in [6.07, 6.45) is 5.60. The number of imide groups is 1. The van der Waals surface area contributed by atoms with E-state index in [1.54, 1.807) is 60.1 Å². The van der Waals surface area contributed by atoms with E-state index in [0.29, 0.717) is 34.4 Å². The maximum atomic E-state index is 13.0. The van der Waals surface area contributed by atoms with Gasteiger partial charge in [0.25, 0.3) is 5.91 Å². The number of rotatable bonds is 5. The zero-order chi connectivity index (χ0) is 36.1. The van der Waals surface area contributed by atoms with Gasteiger partial charge in [-0.15, -0.1) is 0 Å². The Morgan fingerprint density at radius 1 is 0.962 bits per heavy atom. The summed E-state index contributed by atoms with van der Waals surface area (Å²) in [5, 5.41) is 7.96. The maximum absolute atomic E-state index is 13.0. The van der Waals surface area contributed by atoms with Crippen molar-refractivity contribution in [1.29, 1.82) is 0 Å². The molecule has 0 bridgehead atoms. The first-order valence-electron chi connectivity index (χ1n) is 16.5. The molecule has 256 valence electrons. The van der Waals surface area contributed by atoms with Crippen LogP contribution in [0.15, 0.2) is 94.6 Å². The number of hydrogen-bond donors (Lipinski definition) is 2. The number of piperidine rings is 1. The van der Waals surface area contributed by atoms with Gasteiger partial charge in [0.1, 0.15) is 11.3 Å². The first-order valence-corrected chi connectivity index (χ1v) is 16.9. The number of furan rings is 1. The molecule has 0 radical (unpaired) electrons. The second-order valence-corrected chi connectivity index (χ2v) is 13.1. The van der Waals surface area contributed by atoms with Gasteiger partial charge < -0.3 is 9.73 Å². The molecule has 0 saturated carbocycles. The van der Waals surface area contributed by atoms with Gasteiger partial charge in [-0.05, 0) is 65.4 Å². The number of halogens is 1. The van der Waals surface area contributed by atoms with Crippen LogP contribution in [0, 0.1) is 11.8 Å². The number of carbonyl (C=O) groups excluding carboxylic acids is 3. The molecule has 1 aliphatic heterocycles. The molecule has 11 nitrogen and oxygen atoms in total. The largest absolute Gasteiger partial charge is 0.464 e. The first kappa shape index (κ1) is 32.7. The zero-order valence-electron chi connectivity index (χ0n) is 28.0. The summed E-state index contributed by atoms with van der Waals surface area (Å²) in [6.45, 7) is 0.0457. The van der Waals surface area contributed by atoms with E-state index in [4.69, 9.17) is 21.0 Å². The van der Waals surface area contributed by atoms with Gasteiger partial charge in [-0.2, -0.15) is 0 Å². The monoisotopic (exact) mass is 708 g/mol. The van der Waals surface area contributed by atoms with Crippen molar-refractivity contribution in [3.8, 4) is 34.2 Å². The van der Waals surface area contributed by atoms with Crippen LogP contribution in [-0.4, -0.2) is 43.4 Å². The molecule has 3 amide bonds. The lowest BCUT2D eigenvalue weighted by Crippen LogP contribution is -2.39. The highest BCUT2D eigenvalue weighted by atomic mass is 35.5. The molecule has 1 fully saturated rings. The van der Waals surface area contributed by atoms with E-state index in [1.165, 1.54) is 0 Å². The number of fused-ring (bicyclic) bond motifs is 3. The Labute approximate surface area is 301 Å². The predicted molar refractivity (Wildman–Crippen MR) is 198 cm³/mol. The molecule has 5 heterocycles. The Bertz CT molecular complexity index is 2770. The van der Waals surface area contributed by atoms with Crippen molar-refractivity contribution in [2.24, 2.45) is 14.1 Å². The van der Waals surface area contributed by atoms with Crippen LogP contribution in [0.5, 0.6) is 0 Å². The number of carbonyl (C=O) groups is 3. The van der Waals surface area contributed by atoms with Crippen LogP contribution in [0.4, 0.5) is 0 Å². The lowest BCUT2D eigenvalue weighted by molar-refractivity contribution is -0.134. The van der Waals surface area contributed by atoms with Crippen molar-refractivity contribution in [2.45, 2.75) is 18.8 Å². The van der Waals surface area contributed by atoms with Crippen LogP contribution in [-0.2, 0) is 23.7 Å². The van der Waals surface area contributed by atoms with Gasteiger partial charge >= 0.3 is 5.69 Å². The number of imidazole rings is 1. The van der Waals surface area contributed by atoms with Crippen molar-refractivity contribution >= 4 is 62.1 Å². The van der Waals surface area contributed by atoms with Crippen LogP contribution in [0.1, 0.15) is 40.4 Å². The Hall–Kier alpha value is -6.51. The molecule has 4 aromatic heterocycles. The number of hydrogen-bond acceptors (Lipinski definition) is 7. The Morgan fingerprint density at radius 3 is 2.63 bits per heavy atom. The lowest BCUT2D eigenvalue weighted by atomic mass is 9.90. The summed E-state index contributed by atoms with van der Waals surface area (Å²) in [5.74, 6) is 4.41. The van der Waals surface area contributed by atoms with E-state index in [2.05, 4.69) is 27.5 Å². The number of aryl methyl sites for hydroxylation is 2. The summed E-state index contributed by atoms with van der Waals surface area (Å²) in [6, 6.07) is 21.0. The average molecular weight is 709 g/mol. The molecule has 0 aliphatic carbocycles. The van der Waals surface area contributed by atoms with Crippen LogP contribution in [0.3, 0.4) is 0 Å². The van der Waals surface area contributed by atoms with Gasteiger partial charge in [-0.1, -0.05) is 47.7 Å². The number of benzene rings is 3. The van der Waals surface area contributed by atoms with E-state index in [9.17, 15) is 19.2 Å². The fourth-order valence-corrected chi connectivity index (χ4v) is 6.99. The molecule has 1 atom stereocenters. The maximum Gasteiger partial charge on any atom is 0.328 e. The third kappa shape index (κ3) is 5.79. The van der Waals surface area contributed by atoms with Crippen LogP contribution >= 0.6 is 11.6 Å². The molecule has 2 N–H and O–H groups in total. The van der Waals surface area contributed by atoms with Gasteiger partial charge in [0, 0.05) is 60.4 Å². The summed E-state index contributed by atoms with van der Waals surface area (Å²) in [7, 11) is 3.53. The average Bonchev–Trinajstić information content (AvgIpc) is 3.66. The summed E-state index contributed by atoms with van der Waals surface area (Å²) in [4.78, 5) is 58.5. The van der Waals surface area contributed by atoms with Gasteiger partial charge in [-0.3, -0.25) is 33.8 Å². The minimum atomic E-state index is -0.476. The summed E-state index contributed by atoms with van der Waals surface area (Å²) < 4.78 is 8.91. The Kier molecular flexibility index (Phi) is 8.16. The van der Waals surface area contributed by atoms with Crippen molar-refractivity contribution in [3.05, 3.63) is 118 Å². The van der Waals surface area contributed by atoms with E-state index in [0.717, 1.165) is 38.3 Å². The molecule has 3 aromatic carbocycles. The zero-order valence-corrected chi connectivity index (χ0v) is 28.7. The smallest absolute Gasteiger partial charge is 0.328 e. The van der Waals surface area contributed by atoms with Crippen molar-refractivity contribution in [3.63, 3.8) is 0 Å². The quantitative estimate of drug-likeness (QED) is 0.169. The molecular weight excluding hydrogens is 680 g/mol. The second kappa shape index (κ2) is 13.0. The van der Waals surface area contributed by atoms with Crippen molar-refractivity contribution in [1.82, 2.24) is 29.7 Å². The number of nitrogens with zero attached hydrogens (tertiary/aromatic N) is 4. The van der Waals surface area contributed by atoms with Gasteiger partial charge in [0.05, 0.1) is 40.5 Å². The molecule has 7 aromatic rings. The van der Waals surface area contributed by atoms with Crippen LogP contribution in [0.2, 0.25) is 5.02 Å². The predicted octanol–water partition coefficient (Wildman–Crippen LogP) is 5.86. The number of aromatic nitrogens is 4. The highest BCUT2D eigenvalue weighted by Crippen LogP contribution is 2.34. The molecule has 0 spiro atoms. The minimum absolute atomic E-state index is 0.0457. The second-order valence-electron chi connectivity index (χ2n) is 12.6. The summed E-state index contributed by atoms with van der Waals surface area (Å²) >= 11 is 6.55. The van der Waals surface area contributed by atoms with E-state index < -0.39 is 11.8 Å². The SMILES string of the molecule is Cn1c(=O)n(C)c2cc(-c3cccc4cc(-c5cnc(C(=O)NCC#Cc6ccc7occ(C8CCC(=O)NC8=O)c7c6)c(Cl)c5)ncc34)ccc21. The molecule has 52 heavy (non-hydrogen) atoms. The highest BCUT2D eigenvalue weighted by Gasteiger charge is 2.30. The third-order valence-corrected chi connectivity index (χ3v) is 9.78. The minimum Gasteiger partial charge on any atom is -0.464 e. The van der Waals surface area contributed by atoms with Crippen molar-refractivity contribution in [2.75, 3.05) is 6.54 Å². The molecule has 1 saturated heterocycles. The number of pyridine rings is 2. The van der Waals surface area contributed by atoms with Gasteiger partial charge in [0.2, 0.25) is 11.8 Å². The lowest BCUT2D eigenvalue weighted by Gasteiger charge is -2.19. The Morgan fingerprint density at radius 2 is 1.81 bits per heavy atom. The molecular formula is C40H29ClN6O5. The number of amides is 3. The molecule has 1 unspecified atom stereocenters. The van der Waals surface area contributed by atoms with Crippen LogP contribution < -0.4 is 16.3 Å². The van der Waals surface area contributed by atoms with Crippen molar-refractivity contribution < 1.29 is 18.8 Å². The standard InChI is InChI=1S/C40H29ClN6O5/c1-46-33-11-9-24(18-34(33)47(2)40(46)51)26-7-3-6-23-17-32(43-20-29(23)26)25-16-31(41)37(44-19-25)39(50)42-14-4-5-22-8-12-35-28(15-22)30(21-52-35)27-10-13-36(48)45-38(27)49/h3,6-9,11-12,15-21,27H,10,13-14H2,1-2H3,(H,42,50)(H,45,48,49).